The SMILES string of the molecule is CC(Cn1cncc1[C@@H](C)N)N1CCCC1. The van der Waals surface area contributed by atoms with Gasteiger partial charge in [0.05, 0.1) is 12.0 Å². The van der Waals surface area contributed by atoms with E-state index in [0.29, 0.717) is 6.04 Å². The Hall–Kier alpha value is -0.870. The molecular weight excluding hydrogens is 200 g/mol. The van der Waals surface area contributed by atoms with Crippen molar-refractivity contribution in [2.45, 2.75) is 45.3 Å². The van der Waals surface area contributed by atoms with Crippen LogP contribution in [0.3, 0.4) is 0 Å². The zero-order chi connectivity index (χ0) is 11.5. The quantitative estimate of drug-likeness (QED) is 0.837. The number of hydrogen-bond acceptors (Lipinski definition) is 3. The molecule has 0 radical (unpaired) electrons. The van der Waals surface area contributed by atoms with E-state index in [1.807, 2.05) is 19.4 Å². The van der Waals surface area contributed by atoms with Crippen molar-refractivity contribution < 1.29 is 0 Å². The van der Waals surface area contributed by atoms with Crippen LogP contribution in [-0.4, -0.2) is 33.6 Å². The molecule has 0 bridgehead atoms. The summed E-state index contributed by atoms with van der Waals surface area (Å²) in [4.78, 5) is 6.73. The van der Waals surface area contributed by atoms with Crippen LogP contribution in [0.4, 0.5) is 0 Å². The summed E-state index contributed by atoms with van der Waals surface area (Å²) in [5.74, 6) is 0. The highest BCUT2D eigenvalue weighted by molar-refractivity contribution is 5.03. The normalized spacial score (nSPS) is 21.2. The highest BCUT2D eigenvalue weighted by atomic mass is 15.2. The predicted octanol–water partition coefficient (Wildman–Crippen LogP) is 1.39. The van der Waals surface area contributed by atoms with Gasteiger partial charge in [0.15, 0.2) is 0 Å². The summed E-state index contributed by atoms with van der Waals surface area (Å²) in [6.45, 7) is 7.77. The second-order valence-corrected chi connectivity index (χ2v) is 4.85. The molecule has 0 saturated carbocycles. The molecule has 2 N–H and O–H groups in total. The lowest BCUT2D eigenvalue weighted by molar-refractivity contribution is 0.234. The van der Waals surface area contributed by atoms with Gasteiger partial charge in [-0.15, -0.1) is 0 Å². The highest BCUT2D eigenvalue weighted by Gasteiger charge is 2.19. The van der Waals surface area contributed by atoms with Crippen molar-refractivity contribution >= 4 is 0 Å². The van der Waals surface area contributed by atoms with Crippen molar-refractivity contribution in [3.63, 3.8) is 0 Å². The number of nitrogens with zero attached hydrogens (tertiary/aromatic N) is 3. The minimum atomic E-state index is 0.0632. The van der Waals surface area contributed by atoms with E-state index in [-0.39, 0.29) is 6.04 Å². The van der Waals surface area contributed by atoms with Crippen molar-refractivity contribution in [2.75, 3.05) is 13.1 Å². The minimum Gasteiger partial charge on any atom is -0.332 e. The lowest BCUT2D eigenvalue weighted by Crippen LogP contribution is -2.34. The Bertz CT molecular complexity index is 326. The molecule has 0 spiro atoms. The molecule has 2 atom stereocenters. The average Bonchev–Trinajstić information content (AvgIpc) is 2.86. The molecule has 0 aromatic carbocycles. The van der Waals surface area contributed by atoms with E-state index in [1.54, 1.807) is 0 Å². The molecule has 1 aromatic rings. The number of hydrogen-bond donors (Lipinski definition) is 1. The topological polar surface area (TPSA) is 47.1 Å². The predicted molar refractivity (Wildman–Crippen MR) is 65.1 cm³/mol. The summed E-state index contributed by atoms with van der Waals surface area (Å²) in [6.07, 6.45) is 6.45. The van der Waals surface area contributed by atoms with Gasteiger partial charge >= 0.3 is 0 Å². The monoisotopic (exact) mass is 222 g/mol. The van der Waals surface area contributed by atoms with Crippen LogP contribution in [0.1, 0.15) is 38.4 Å². The van der Waals surface area contributed by atoms with E-state index in [1.165, 1.54) is 25.9 Å². The first-order valence-electron chi connectivity index (χ1n) is 6.18. The summed E-state index contributed by atoms with van der Waals surface area (Å²) in [5, 5.41) is 0. The zero-order valence-electron chi connectivity index (χ0n) is 10.3. The average molecular weight is 222 g/mol. The first-order chi connectivity index (χ1) is 7.68. The van der Waals surface area contributed by atoms with Gasteiger partial charge in [0, 0.05) is 24.8 Å². The molecule has 1 aliphatic rings. The maximum atomic E-state index is 5.91. The molecule has 4 heteroatoms. The number of nitrogens with two attached hydrogens (primary N) is 1. The molecule has 1 fully saturated rings. The van der Waals surface area contributed by atoms with E-state index in [0.717, 1.165) is 12.2 Å². The minimum absolute atomic E-state index is 0.0632. The van der Waals surface area contributed by atoms with Gasteiger partial charge in [0.2, 0.25) is 0 Å². The molecule has 16 heavy (non-hydrogen) atoms. The fourth-order valence-electron chi connectivity index (χ4n) is 2.45. The van der Waals surface area contributed by atoms with Gasteiger partial charge in [0.25, 0.3) is 0 Å². The first-order valence-corrected chi connectivity index (χ1v) is 6.18. The van der Waals surface area contributed by atoms with Crippen molar-refractivity contribution in [1.29, 1.82) is 0 Å². The van der Waals surface area contributed by atoms with Crippen LogP contribution in [0.25, 0.3) is 0 Å². The van der Waals surface area contributed by atoms with Gasteiger partial charge in [-0.2, -0.15) is 0 Å². The van der Waals surface area contributed by atoms with Crippen molar-refractivity contribution in [1.82, 2.24) is 14.5 Å². The van der Waals surface area contributed by atoms with Crippen LogP contribution in [0.15, 0.2) is 12.5 Å². The molecule has 1 aliphatic heterocycles. The molecule has 0 amide bonds. The van der Waals surface area contributed by atoms with Crippen LogP contribution in [0, 0.1) is 0 Å². The summed E-state index contributed by atoms with van der Waals surface area (Å²) < 4.78 is 2.19. The number of aromatic nitrogens is 2. The van der Waals surface area contributed by atoms with E-state index < -0.39 is 0 Å². The van der Waals surface area contributed by atoms with Gasteiger partial charge in [-0.3, -0.25) is 4.90 Å². The molecule has 0 aliphatic carbocycles. The fourth-order valence-corrected chi connectivity index (χ4v) is 2.45. The van der Waals surface area contributed by atoms with Crippen LogP contribution >= 0.6 is 0 Å². The maximum absolute atomic E-state index is 5.91. The number of imidazole rings is 1. The number of rotatable bonds is 4. The standard InChI is InChI=1S/C12H22N4/c1-10(15-5-3-4-6-15)8-16-9-14-7-12(16)11(2)13/h7,9-11H,3-6,8,13H2,1-2H3/t10?,11-/m1/s1. The third-order valence-corrected chi connectivity index (χ3v) is 3.44. The Balaban J connectivity index is 1.99. The van der Waals surface area contributed by atoms with Crippen LogP contribution in [-0.2, 0) is 6.54 Å². The Labute approximate surface area is 97.4 Å². The van der Waals surface area contributed by atoms with E-state index in [9.17, 15) is 0 Å². The lowest BCUT2D eigenvalue weighted by Gasteiger charge is -2.25. The Morgan fingerprint density at radius 2 is 2.06 bits per heavy atom. The van der Waals surface area contributed by atoms with Gasteiger partial charge in [-0.1, -0.05) is 0 Å². The number of likely N-dealkylation sites (tertiary alicyclic amines) is 1. The summed E-state index contributed by atoms with van der Waals surface area (Å²) in [6, 6.07) is 0.641. The molecule has 1 unspecified atom stereocenters. The zero-order valence-corrected chi connectivity index (χ0v) is 10.3. The highest BCUT2D eigenvalue weighted by Crippen LogP contribution is 2.15. The van der Waals surface area contributed by atoms with Crippen molar-refractivity contribution in [3.8, 4) is 0 Å². The smallest absolute Gasteiger partial charge is 0.0949 e. The fraction of sp³-hybridized carbons (Fsp3) is 0.750. The molecule has 2 heterocycles. The van der Waals surface area contributed by atoms with Crippen LogP contribution in [0.5, 0.6) is 0 Å². The Morgan fingerprint density at radius 3 is 2.69 bits per heavy atom. The van der Waals surface area contributed by atoms with E-state index in [2.05, 4.69) is 21.4 Å². The van der Waals surface area contributed by atoms with Crippen LogP contribution in [0.2, 0.25) is 0 Å². The third kappa shape index (κ3) is 2.44. The molecule has 1 saturated heterocycles. The molecule has 90 valence electrons. The van der Waals surface area contributed by atoms with E-state index in [4.69, 9.17) is 5.73 Å². The van der Waals surface area contributed by atoms with Crippen molar-refractivity contribution in [3.05, 3.63) is 18.2 Å². The summed E-state index contributed by atoms with van der Waals surface area (Å²) in [5.41, 5.74) is 7.04. The Morgan fingerprint density at radius 1 is 1.38 bits per heavy atom. The van der Waals surface area contributed by atoms with Gasteiger partial charge < -0.3 is 10.3 Å². The third-order valence-electron chi connectivity index (χ3n) is 3.44. The largest absolute Gasteiger partial charge is 0.332 e. The van der Waals surface area contributed by atoms with Gasteiger partial charge in [-0.25, -0.2) is 4.98 Å². The molecule has 1 aromatic heterocycles. The Kier molecular flexibility index (Phi) is 3.61. The molecule has 4 nitrogen and oxygen atoms in total. The maximum Gasteiger partial charge on any atom is 0.0949 e. The molecular formula is C12H22N4. The van der Waals surface area contributed by atoms with Gasteiger partial charge in [-0.05, 0) is 39.8 Å². The van der Waals surface area contributed by atoms with Crippen molar-refractivity contribution in [2.24, 2.45) is 5.73 Å². The lowest BCUT2D eigenvalue weighted by atomic mass is 10.2. The summed E-state index contributed by atoms with van der Waals surface area (Å²) in [7, 11) is 0. The van der Waals surface area contributed by atoms with E-state index >= 15 is 0 Å². The van der Waals surface area contributed by atoms with Gasteiger partial charge in [0.1, 0.15) is 0 Å². The van der Waals surface area contributed by atoms with Crippen LogP contribution < -0.4 is 5.73 Å². The molecule has 2 rings (SSSR count). The first kappa shape index (κ1) is 11.6. The summed E-state index contributed by atoms with van der Waals surface area (Å²) >= 11 is 0. The second kappa shape index (κ2) is 4.97. The second-order valence-electron chi connectivity index (χ2n) is 4.85.